The molecule has 7 rings (SSSR count). The SMILES string of the molecule is CC(C)(OC[C@H](NC(=O)c1nonc1C1CC1)c1nc2ccc([C@@H](O)NC(=O)CC34CC(F)(C3)C4)cc2[nH]1)C(F)(F)F. The molecule has 226 valence electrons. The van der Waals surface area contributed by atoms with Crippen LogP contribution in [0.5, 0.6) is 0 Å². The minimum atomic E-state index is -4.67. The van der Waals surface area contributed by atoms with Gasteiger partial charge in [0.1, 0.15) is 23.2 Å². The first-order valence-electron chi connectivity index (χ1n) is 13.7. The maximum absolute atomic E-state index is 13.8. The minimum absolute atomic E-state index is 0.0340. The molecule has 15 heteroatoms. The molecular weight excluding hydrogens is 564 g/mol. The first-order chi connectivity index (χ1) is 19.7. The molecule has 4 fully saturated rings. The maximum atomic E-state index is 13.8. The van der Waals surface area contributed by atoms with Crippen molar-refractivity contribution in [3.63, 3.8) is 0 Å². The molecule has 4 saturated carbocycles. The third-order valence-corrected chi connectivity index (χ3v) is 8.37. The number of aliphatic hydroxyl groups is 1. The molecule has 42 heavy (non-hydrogen) atoms. The highest BCUT2D eigenvalue weighted by Gasteiger charge is 2.69. The van der Waals surface area contributed by atoms with Crippen LogP contribution in [-0.2, 0) is 9.53 Å². The molecular formula is C27H30F4N6O5. The molecule has 1 aromatic carbocycles. The number of carbonyl (C=O) groups is 2. The number of amides is 2. The maximum Gasteiger partial charge on any atom is 0.416 e. The van der Waals surface area contributed by atoms with E-state index in [-0.39, 0.29) is 29.3 Å². The first kappa shape index (κ1) is 28.5. The number of alkyl halides is 4. The normalized spacial score (nSPS) is 24.9. The summed E-state index contributed by atoms with van der Waals surface area (Å²) in [5.41, 5.74) is -2.53. The second kappa shape index (κ2) is 9.73. The third-order valence-electron chi connectivity index (χ3n) is 8.37. The van der Waals surface area contributed by atoms with E-state index in [1.807, 2.05) is 0 Å². The van der Waals surface area contributed by atoms with E-state index in [1.165, 1.54) is 12.1 Å². The highest BCUT2D eigenvalue weighted by molar-refractivity contribution is 5.93. The van der Waals surface area contributed by atoms with Crippen LogP contribution in [0.4, 0.5) is 17.6 Å². The second-order valence-corrected chi connectivity index (χ2v) is 12.3. The number of imidazole rings is 1. The molecule has 2 aromatic heterocycles. The van der Waals surface area contributed by atoms with Crippen LogP contribution in [0.3, 0.4) is 0 Å². The molecule has 0 spiro atoms. The van der Waals surface area contributed by atoms with E-state index < -0.39 is 48.1 Å². The Morgan fingerprint density at radius 3 is 2.55 bits per heavy atom. The van der Waals surface area contributed by atoms with Crippen LogP contribution in [-0.4, -0.2) is 61.3 Å². The van der Waals surface area contributed by atoms with Gasteiger partial charge in [0.05, 0.1) is 17.6 Å². The summed E-state index contributed by atoms with van der Waals surface area (Å²) in [6.45, 7) is 1.17. The summed E-state index contributed by atoms with van der Waals surface area (Å²) in [5.74, 6) is -0.972. The van der Waals surface area contributed by atoms with Crippen molar-refractivity contribution in [2.24, 2.45) is 5.41 Å². The van der Waals surface area contributed by atoms with Crippen LogP contribution in [0.2, 0.25) is 0 Å². The molecule has 4 aliphatic carbocycles. The van der Waals surface area contributed by atoms with Gasteiger partial charge in [-0.15, -0.1) is 0 Å². The zero-order valence-electron chi connectivity index (χ0n) is 22.8. The molecule has 2 heterocycles. The number of hydrogen-bond acceptors (Lipinski definition) is 8. The number of aliphatic hydroxyl groups excluding tert-OH is 1. The lowest BCUT2D eigenvalue weighted by molar-refractivity contribution is -0.265. The summed E-state index contributed by atoms with van der Waals surface area (Å²) in [5, 5.41) is 23.2. The van der Waals surface area contributed by atoms with Gasteiger partial charge in [-0.05, 0) is 68.7 Å². The molecule has 4 aliphatic rings. The molecule has 0 unspecified atom stereocenters. The minimum Gasteiger partial charge on any atom is -0.369 e. The van der Waals surface area contributed by atoms with Crippen LogP contribution >= 0.6 is 0 Å². The summed E-state index contributed by atoms with van der Waals surface area (Å²) in [6, 6.07) is 3.46. The fraction of sp³-hybridized carbons (Fsp3) is 0.593. The number of fused-ring (bicyclic) bond motifs is 1. The summed E-state index contributed by atoms with van der Waals surface area (Å²) >= 11 is 0. The van der Waals surface area contributed by atoms with Gasteiger partial charge in [-0.2, -0.15) is 13.2 Å². The third kappa shape index (κ3) is 5.35. The Kier molecular flexibility index (Phi) is 6.61. The lowest BCUT2D eigenvalue weighted by Gasteiger charge is -2.65. The van der Waals surface area contributed by atoms with E-state index in [9.17, 15) is 32.3 Å². The quantitative estimate of drug-likeness (QED) is 0.192. The molecule has 0 aliphatic heterocycles. The van der Waals surface area contributed by atoms with Crippen molar-refractivity contribution in [3.05, 3.63) is 41.0 Å². The highest BCUT2D eigenvalue weighted by Crippen LogP contribution is 2.71. The summed E-state index contributed by atoms with van der Waals surface area (Å²) < 4.78 is 64.2. The van der Waals surface area contributed by atoms with Crippen molar-refractivity contribution in [3.8, 4) is 0 Å². The fourth-order valence-electron chi connectivity index (χ4n) is 5.82. The summed E-state index contributed by atoms with van der Waals surface area (Å²) in [7, 11) is 0. The van der Waals surface area contributed by atoms with Crippen LogP contribution in [0.15, 0.2) is 22.8 Å². The molecule has 0 radical (unpaired) electrons. The van der Waals surface area contributed by atoms with E-state index in [0.29, 0.717) is 41.6 Å². The number of nitrogens with one attached hydrogen (secondary N) is 3. The monoisotopic (exact) mass is 594 g/mol. The van der Waals surface area contributed by atoms with Crippen LogP contribution < -0.4 is 10.6 Å². The number of aromatic amines is 1. The number of hydrogen-bond donors (Lipinski definition) is 4. The van der Waals surface area contributed by atoms with Gasteiger partial charge >= 0.3 is 6.18 Å². The van der Waals surface area contributed by atoms with Crippen molar-refractivity contribution in [2.45, 2.75) is 88.0 Å². The van der Waals surface area contributed by atoms with Crippen molar-refractivity contribution >= 4 is 22.8 Å². The summed E-state index contributed by atoms with van der Waals surface area (Å²) in [6.07, 6.45) is -3.17. The van der Waals surface area contributed by atoms with Crippen LogP contribution in [0.1, 0.15) is 98.1 Å². The Morgan fingerprint density at radius 1 is 1.19 bits per heavy atom. The Labute approximate surface area is 236 Å². The van der Waals surface area contributed by atoms with Crippen LogP contribution in [0, 0.1) is 5.41 Å². The molecule has 11 nitrogen and oxygen atoms in total. The molecule has 3 aromatic rings. The van der Waals surface area contributed by atoms with Gasteiger partial charge in [0.15, 0.2) is 17.5 Å². The standard InChI is InChI=1S/C27H30F4N6O5/c1-24(2,27(29,30)31)41-9-17(34-23(40)20-19(13-3-4-13)36-42-37-20)21-32-15-6-5-14(7-16(15)33-21)22(39)35-18(38)8-25-10-26(28,11-25)12-25/h5-7,13,17,22,39H,3-4,8-12H2,1-2H3,(H,32,33)(H,34,40)(H,35,38)/t17-,22+,25?,26?/m0/s1. The molecule has 4 N–H and O–H groups in total. The first-order valence-corrected chi connectivity index (χ1v) is 13.7. The Morgan fingerprint density at radius 2 is 1.90 bits per heavy atom. The predicted molar refractivity (Wildman–Crippen MR) is 137 cm³/mol. The van der Waals surface area contributed by atoms with Crippen molar-refractivity contribution in [1.29, 1.82) is 0 Å². The number of nitrogens with zero attached hydrogens (tertiary/aromatic N) is 3. The van der Waals surface area contributed by atoms with E-state index in [2.05, 4.69) is 30.9 Å². The van der Waals surface area contributed by atoms with E-state index >= 15 is 0 Å². The number of H-pyrrole nitrogens is 1. The number of rotatable bonds is 11. The Bertz CT molecular complexity index is 1510. The predicted octanol–water partition coefficient (Wildman–Crippen LogP) is 4.04. The Balaban J connectivity index is 1.19. The number of carbonyl (C=O) groups excluding carboxylic acids is 2. The van der Waals surface area contributed by atoms with Gasteiger partial charge in [-0.1, -0.05) is 11.2 Å². The smallest absolute Gasteiger partial charge is 0.369 e. The number of aromatic nitrogens is 4. The van der Waals surface area contributed by atoms with Gasteiger partial charge in [-0.25, -0.2) is 14.0 Å². The number of ether oxygens (including phenoxy) is 1. The highest BCUT2D eigenvalue weighted by atomic mass is 19.4. The van der Waals surface area contributed by atoms with E-state index in [0.717, 1.165) is 26.7 Å². The van der Waals surface area contributed by atoms with Gasteiger partial charge in [0.25, 0.3) is 5.91 Å². The summed E-state index contributed by atoms with van der Waals surface area (Å²) in [4.78, 5) is 32.9. The molecule has 2 atom stereocenters. The van der Waals surface area contributed by atoms with E-state index in [1.54, 1.807) is 6.07 Å². The number of halogens is 4. The van der Waals surface area contributed by atoms with Gasteiger partial charge in [0.2, 0.25) is 5.91 Å². The second-order valence-electron chi connectivity index (χ2n) is 12.3. The Hall–Kier alpha value is -3.59. The lowest BCUT2D eigenvalue weighted by atomic mass is 9.41. The van der Waals surface area contributed by atoms with Crippen LogP contribution in [0.25, 0.3) is 11.0 Å². The van der Waals surface area contributed by atoms with E-state index in [4.69, 9.17) is 9.37 Å². The topological polar surface area (TPSA) is 155 Å². The molecule has 2 bridgehead atoms. The lowest BCUT2D eigenvalue weighted by Crippen LogP contribution is -2.65. The van der Waals surface area contributed by atoms with Gasteiger partial charge in [-0.3, -0.25) is 9.59 Å². The molecule has 2 amide bonds. The van der Waals surface area contributed by atoms with Crippen molar-refractivity contribution in [2.75, 3.05) is 6.61 Å². The average molecular weight is 595 g/mol. The van der Waals surface area contributed by atoms with Crippen molar-refractivity contribution < 1.29 is 41.6 Å². The number of benzene rings is 1. The zero-order chi connectivity index (χ0) is 30.1. The average Bonchev–Trinajstić information content (AvgIpc) is 3.43. The molecule has 0 saturated heterocycles. The fourth-order valence-corrected chi connectivity index (χ4v) is 5.82. The largest absolute Gasteiger partial charge is 0.416 e. The zero-order valence-corrected chi connectivity index (χ0v) is 22.8. The van der Waals surface area contributed by atoms with Gasteiger partial charge < -0.3 is 25.5 Å². The van der Waals surface area contributed by atoms with Crippen molar-refractivity contribution in [1.82, 2.24) is 30.9 Å². The van der Waals surface area contributed by atoms with Gasteiger partial charge in [0, 0.05) is 17.9 Å².